The van der Waals surface area contributed by atoms with Gasteiger partial charge in [-0.2, -0.15) is 0 Å². The van der Waals surface area contributed by atoms with Gasteiger partial charge in [0, 0.05) is 17.7 Å². The predicted octanol–water partition coefficient (Wildman–Crippen LogP) is 3.35. The zero-order chi connectivity index (χ0) is 13.2. The van der Waals surface area contributed by atoms with Crippen molar-refractivity contribution < 1.29 is 9.66 Å². The third-order valence-electron chi connectivity index (χ3n) is 3.54. The zero-order valence-corrected chi connectivity index (χ0v) is 10.7. The zero-order valence-electron chi connectivity index (χ0n) is 10.7. The smallest absolute Gasteiger partial charge is 0.292 e. The van der Waals surface area contributed by atoms with Crippen molar-refractivity contribution in [2.45, 2.75) is 38.1 Å². The van der Waals surface area contributed by atoms with Crippen LogP contribution in [0.1, 0.15) is 32.6 Å². The Morgan fingerprint density at radius 1 is 1.39 bits per heavy atom. The van der Waals surface area contributed by atoms with Crippen molar-refractivity contribution in [3.8, 4) is 5.75 Å². The summed E-state index contributed by atoms with van der Waals surface area (Å²) in [5, 5.41) is 14.3. The molecule has 1 aromatic carbocycles. The van der Waals surface area contributed by atoms with Gasteiger partial charge in [-0.1, -0.05) is 12.8 Å². The van der Waals surface area contributed by atoms with Crippen molar-refractivity contribution in [3.05, 3.63) is 28.3 Å². The Morgan fingerprint density at radius 3 is 2.61 bits per heavy atom. The van der Waals surface area contributed by atoms with Gasteiger partial charge in [0.05, 0.1) is 12.0 Å². The van der Waals surface area contributed by atoms with Gasteiger partial charge in [-0.25, -0.2) is 0 Å². The topological polar surface area (TPSA) is 64.4 Å². The highest BCUT2D eigenvalue weighted by Gasteiger charge is 2.30. The van der Waals surface area contributed by atoms with E-state index in [1.54, 1.807) is 19.2 Å². The molecule has 2 rings (SSSR count). The predicted molar refractivity (Wildman–Crippen MR) is 70.1 cm³/mol. The van der Waals surface area contributed by atoms with E-state index in [1.807, 2.05) is 0 Å². The van der Waals surface area contributed by atoms with E-state index in [2.05, 4.69) is 12.2 Å². The first kappa shape index (κ1) is 12.7. The molecule has 0 aromatic heterocycles. The Kier molecular flexibility index (Phi) is 3.41. The standard InChI is InChI=1S/C13H18N2O3/c1-13(7-3-4-8-13)14-11-9-10(18-2)5-6-12(11)15(16)17/h5-6,9,14H,3-4,7-8H2,1-2H3. The number of nitrogens with one attached hydrogen (secondary N) is 1. The summed E-state index contributed by atoms with van der Waals surface area (Å²) >= 11 is 0. The number of hydrogen-bond acceptors (Lipinski definition) is 4. The van der Waals surface area contributed by atoms with Gasteiger partial charge in [0.25, 0.3) is 5.69 Å². The summed E-state index contributed by atoms with van der Waals surface area (Å²) in [4.78, 5) is 10.7. The molecule has 1 aliphatic carbocycles. The van der Waals surface area contributed by atoms with Gasteiger partial charge in [-0.3, -0.25) is 10.1 Å². The molecule has 18 heavy (non-hydrogen) atoms. The monoisotopic (exact) mass is 250 g/mol. The van der Waals surface area contributed by atoms with Gasteiger partial charge in [0.2, 0.25) is 0 Å². The number of rotatable bonds is 4. The highest BCUT2D eigenvalue weighted by Crippen LogP contribution is 2.37. The number of benzene rings is 1. The number of methoxy groups -OCH3 is 1. The maximum absolute atomic E-state index is 11.0. The minimum absolute atomic E-state index is 0.0445. The van der Waals surface area contributed by atoms with E-state index in [9.17, 15) is 10.1 Å². The Labute approximate surface area is 106 Å². The van der Waals surface area contributed by atoms with E-state index in [0.717, 1.165) is 12.8 Å². The van der Waals surface area contributed by atoms with Crippen molar-refractivity contribution in [1.82, 2.24) is 0 Å². The second kappa shape index (κ2) is 4.84. The molecule has 1 saturated carbocycles. The fourth-order valence-corrected chi connectivity index (χ4v) is 2.51. The molecule has 0 saturated heterocycles. The molecule has 0 bridgehead atoms. The minimum atomic E-state index is -0.361. The number of nitro benzene ring substituents is 1. The lowest BCUT2D eigenvalue weighted by atomic mass is 10.00. The summed E-state index contributed by atoms with van der Waals surface area (Å²) < 4.78 is 5.12. The summed E-state index contributed by atoms with van der Waals surface area (Å²) in [7, 11) is 1.56. The molecular formula is C13H18N2O3. The van der Waals surface area contributed by atoms with E-state index in [-0.39, 0.29) is 16.1 Å². The van der Waals surface area contributed by atoms with Crippen LogP contribution in [-0.4, -0.2) is 17.6 Å². The minimum Gasteiger partial charge on any atom is -0.497 e. The highest BCUT2D eigenvalue weighted by atomic mass is 16.6. The Hall–Kier alpha value is -1.78. The van der Waals surface area contributed by atoms with Crippen LogP contribution in [0.5, 0.6) is 5.75 Å². The van der Waals surface area contributed by atoms with E-state index < -0.39 is 0 Å². The molecule has 0 amide bonds. The fourth-order valence-electron chi connectivity index (χ4n) is 2.51. The quantitative estimate of drug-likeness (QED) is 0.657. The molecule has 1 aromatic rings. The second-order valence-electron chi connectivity index (χ2n) is 5.03. The van der Waals surface area contributed by atoms with Gasteiger partial charge < -0.3 is 10.1 Å². The average molecular weight is 250 g/mol. The van der Waals surface area contributed by atoms with Crippen LogP contribution in [0.2, 0.25) is 0 Å². The van der Waals surface area contributed by atoms with E-state index in [1.165, 1.54) is 18.9 Å². The molecule has 1 aliphatic rings. The fraction of sp³-hybridized carbons (Fsp3) is 0.538. The largest absolute Gasteiger partial charge is 0.497 e. The summed E-state index contributed by atoms with van der Waals surface area (Å²) in [5.41, 5.74) is 0.601. The van der Waals surface area contributed by atoms with Crippen LogP contribution in [0.3, 0.4) is 0 Å². The van der Waals surface area contributed by atoms with E-state index >= 15 is 0 Å². The number of nitro groups is 1. The normalized spacial score (nSPS) is 17.4. The average Bonchev–Trinajstić information content (AvgIpc) is 2.75. The van der Waals surface area contributed by atoms with Crippen molar-refractivity contribution >= 4 is 11.4 Å². The van der Waals surface area contributed by atoms with Crippen LogP contribution >= 0.6 is 0 Å². The van der Waals surface area contributed by atoms with E-state index in [0.29, 0.717) is 11.4 Å². The third kappa shape index (κ3) is 2.55. The molecule has 0 aliphatic heterocycles. The summed E-state index contributed by atoms with van der Waals surface area (Å²) in [6, 6.07) is 4.79. The maximum atomic E-state index is 11.0. The van der Waals surface area contributed by atoms with Crippen LogP contribution in [-0.2, 0) is 0 Å². The van der Waals surface area contributed by atoms with Crippen molar-refractivity contribution in [3.63, 3.8) is 0 Å². The lowest BCUT2D eigenvalue weighted by Crippen LogP contribution is -2.31. The highest BCUT2D eigenvalue weighted by molar-refractivity contribution is 5.65. The molecule has 98 valence electrons. The lowest BCUT2D eigenvalue weighted by Gasteiger charge is -2.26. The molecule has 5 nitrogen and oxygen atoms in total. The molecule has 0 heterocycles. The second-order valence-corrected chi connectivity index (χ2v) is 5.03. The molecule has 1 fully saturated rings. The summed E-state index contributed by atoms with van der Waals surface area (Å²) in [5.74, 6) is 0.629. The molecule has 0 spiro atoms. The molecule has 0 atom stereocenters. The Balaban J connectivity index is 2.31. The first-order chi connectivity index (χ1) is 8.54. The molecule has 5 heteroatoms. The van der Waals surface area contributed by atoms with Crippen LogP contribution < -0.4 is 10.1 Å². The van der Waals surface area contributed by atoms with Crippen molar-refractivity contribution in [2.75, 3.05) is 12.4 Å². The van der Waals surface area contributed by atoms with Gasteiger partial charge >= 0.3 is 0 Å². The van der Waals surface area contributed by atoms with E-state index in [4.69, 9.17) is 4.74 Å². The van der Waals surface area contributed by atoms with Crippen LogP contribution in [0, 0.1) is 10.1 Å². The Bertz CT molecular complexity index is 454. The van der Waals surface area contributed by atoms with Crippen molar-refractivity contribution in [2.24, 2.45) is 0 Å². The van der Waals surface area contributed by atoms with Crippen LogP contribution in [0.15, 0.2) is 18.2 Å². The van der Waals surface area contributed by atoms with Gasteiger partial charge in [0.15, 0.2) is 0 Å². The summed E-state index contributed by atoms with van der Waals surface area (Å²) in [6.07, 6.45) is 4.42. The first-order valence-corrected chi connectivity index (χ1v) is 6.15. The first-order valence-electron chi connectivity index (χ1n) is 6.15. The number of nitrogens with zero attached hydrogens (tertiary/aromatic N) is 1. The van der Waals surface area contributed by atoms with Gasteiger partial charge in [0.1, 0.15) is 11.4 Å². The number of hydrogen-bond donors (Lipinski definition) is 1. The van der Waals surface area contributed by atoms with Gasteiger partial charge in [-0.05, 0) is 25.8 Å². The third-order valence-corrected chi connectivity index (χ3v) is 3.54. The molecule has 0 radical (unpaired) electrons. The van der Waals surface area contributed by atoms with Crippen molar-refractivity contribution in [1.29, 1.82) is 0 Å². The Morgan fingerprint density at radius 2 is 2.06 bits per heavy atom. The van der Waals surface area contributed by atoms with Gasteiger partial charge in [-0.15, -0.1) is 0 Å². The maximum Gasteiger partial charge on any atom is 0.292 e. The lowest BCUT2D eigenvalue weighted by molar-refractivity contribution is -0.384. The molecule has 0 unspecified atom stereocenters. The van der Waals surface area contributed by atoms with Crippen LogP contribution in [0.4, 0.5) is 11.4 Å². The van der Waals surface area contributed by atoms with Crippen LogP contribution in [0.25, 0.3) is 0 Å². The molecule has 1 N–H and O–H groups in total. The summed E-state index contributed by atoms with van der Waals surface area (Å²) in [6.45, 7) is 2.11. The molecular weight excluding hydrogens is 232 g/mol. The number of anilines is 1. The number of ether oxygens (including phenoxy) is 1. The SMILES string of the molecule is COc1ccc([N+](=O)[O-])c(NC2(C)CCCC2)c1.